The number of ether oxygens (including phenoxy) is 1. The molecule has 2 heterocycles. The van der Waals surface area contributed by atoms with Crippen molar-refractivity contribution in [1.29, 1.82) is 0 Å². The zero-order valence-corrected chi connectivity index (χ0v) is 18.1. The van der Waals surface area contributed by atoms with Crippen LogP contribution in [0.3, 0.4) is 0 Å². The molecule has 6 heteroatoms. The van der Waals surface area contributed by atoms with Crippen LogP contribution in [0.1, 0.15) is 37.1 Å². The van der Waals surface area contributed by atoms with Gasteiger partial charge in [-0.3, -0.25) is 4.98 Å². The van der Waals surface area contributed by atoms with E-state index in [-0.39, 0.29) is 18.8 Å². The van der Waals surface area contributed by atoms with Gasteiger partial charge in [0, 0.05) is 40.9 Å². The lowest BCUT2D eigenvalue weighted by molar-refractivity contribution is 0.00265. The number of fused-ring (bicyclic) bond motifs is 2. The van der Waals surface area contributed by atoms with E-state index in [2.05, 4.69) is 10.3 Å². The van der Waals surface area contributed by atoms with Gasteiger partial charge in [-0.15, -0.1) is 0 Å². The summed E-state index contributed by atoms with van der Waals surface area (Å²) in [6.07, 6.45) is 0.755. The van der Waals surface area contributed by atoms with E-state index in [9.17, 15) is 13.9 Å². The fourth-order valence-corrected chi connectivity index (χ4v) is 4.52. The van der Waals surface area contributed by atoms with E-state index in [1.54, 1.807) is 0 Å². The van der Waals surface area contributed by atoms with Crippen LogP contribution in [0.2, 0.25) is 0 Å². The lowest BCUT2D eigenvalue weighted by Crippen LogP contribution is -2.44. The number of aryl methyl sites for hydroxylation is 1. The third-order valence-electron chi connectivity index (χ3n) is 5.98. The fourth-order valence-electron chi connectivity index (χ4n) is 4.52. The van der Waals surface area contributed by atoms with Gasteiger partial charge >= 0.3 is 0 Å². The second-order valence-electron chi connectivity index (χ2n) is 9.14. The van der Waals surface area contributed by atoms with Crippen molar-refractivity contribution < 1.29 is 18.6 Å². The van der Waals surface area contributed by atoms with E-state index in [1.165, 1.54) is 12.1 Å². The van der Waals surface area contributed by atoms with Gasteiger partial charge in [0.2, 0.25) is 0 Å². The Hall–Kier alpha value is -2.73. The fraction of sp³-hybridized carbons (Fsp3) is 0.400. The van der Waals surface area contributed by atoms with Gasteiger partial charge in [0.1, 0.15) is 23.8 Å². The molecule has 2 N–H and O–H groups in total. The number of pyridine rings is 1. The molecule has 3 aromatic rings. The highest BCUT2D eigenvalue weighted by molar-refractivity contribution is 5.91. The van der Waals surface area contributed by atoms with Crippen LogP contribution in [0, 0.1) is 12.7 Å². The van der Waals surface area contributed by atoms with Crippen LogP contribution < -0.4 is 10.1 Å². The minimum absolute atomic E-state index is 0.0122. The molecule has 0 spiro atoms. The molecule has 2 aromatic carbocycles. The molecular formula is C25H28F2N2O2. The predicted octanol–water partition coefficient (Wildman–Crippen LogP) is 5.10. The zero-order valence-electron chi connectivity index (χ0n) is 18.1. The number of aliphatic hydroxyl groups is 1. The Bertz CT molecular complexity index is 1120. The second-order valence-corrected chi connectivity index (χ2v) is 9.14. The van der Waals surface area contributed by atoms with Gasteiger partial charge in [0.05, 0.1) is 12.1 Å². The summed E-state index contributed by atoms with van der Waals surface area (Å²) in [6.45, 7) is 5.29. The summed E-state index contributed by atoms with van der Waals surface area (Å²) in [6, 6.07) is 12.5. The molecular weight excluding hydrogens is 398 g/mol. The van der Waals surface area contributed by atoms with E-state index >= 15 is 0 Å². The van der Waals surface area contributed by atoms with Crippen molar-refractivity contribution in [1.82, 2.24) is 4.98 Å². The molecule has 1 aliphatic heterocycles. The third kappa shape index (κ3) is 4.35. The summed E-state index contributed by atoms with van der Waals surface area (Å²) in [5.41, 5.74) is 1.68. The van der Waals surface area contributed by atoms with Gasteiger partial charge in [0.25, 0.3) is 0 Å². The first-order valence-electron chi connectivity index (χ1n) is 10.6. The summed E-state index contributed by atoms with van der Waals surface area (Å²) in [5, 5.41) is 15.2. The van der Waals surface area contributed by atoms with Crippen LogP contribution in [0.5, 0.6) is 5.75 Å². The molecule has 31 heavy (non-hydrogen) atoms. The van der Waals surface area contributed by atoms with Crippen LogP contribution in [0.4, 0.5) is 14.5 Å². The number of hydrogen-bond donors (Lipinski definition) is 2. The highest BCUT2D eigenvalue weighted by Crippen LogP contribution is 2.42. The summed E-state index contributed by atoms with van der Waals surface area (Å²) >= 11 is 0. The Morgan fingerprint density at radius 3 is 2.77 bits per heavy atom. The van der Waals surface area contributed by atoms with Gasteiger partial charge in [-0.05, 0) is 55.2 Å². The second kappa shape index (κ2) is 8.08. The maximum Gasteiger partial charge on any atom is 0.126 e. The molecule has 1 aliphatic rings. The number of halogens is 2. The molecule has 0 bridgehead atoms. The maximum absolute atomic E-state index is 14.2. The average Bonchev–Trinajstić information content (AvgIpc) is 3.19. The first-order chi connectivity index (χ1) is 14.7. The number of aromatic nitrogens is 1. The number of rotatable bonds is 7. The van der Waals surface area contributed by atoms with Crippen LogP contribution >= 0.6 is 0 Å². The lowest BCUT2D eigenvalue weighted by atomic mass is 9.74. The van der Waals surface area contributed by atoms with Crippen LogP contribution in [-0.2, 0) is 11.8 Å². The van der Waals surface area contributed by atoms with Gasteiger partial charge < -0.3 is 15.2 Å². The molecule has 0 radical (unpaired) electrons. The largest absolute Gasteiger partial charge is 0.493 e. The minimum atomic E-state index is -1.64. The molecule has 0 saturated carbocycles. The topological polar surface area (TPSA) is 54.4 Å². The van der Waals surface area contributed by atoms with E-state index in [0.717, 1.165) is 27.8 Å². The Morgan fingerprint density at radius 2 is 2.00 bits per heavy atom. The number of benzene rings is 2. The van der Waals surface area contributed by atoms with E-state index < -0.39 is 17.7 Å². The van der Waals surface area contributed by atoms with Gasteiger partial charge in [-0.1, -0.05) is 19.9 Å². The van der Waals surface area contributed by atoms with Gasteiger partial charge in [-0.25, -0.2) is 8.78 Å². The van der Waals surface area contributed by atoms with Crippen molar-refractivity contribution in [2.24, 2.45) is 0 Å². The summed E-state index contributed by atoms with van der Waals surface area (Å²) in [7, 11) is 0. The van der Waals surface area contributed by atoms with Crippen LogP contribution in [-0.4, -0.2) is 35.5 Å². The average molecular weight is 427 g/mol. The van der Waals surface area contributed by atoms with Gasteiger partial charge in [0.15, 0.2) is 0 Å². The SMILES string of the molecule is Cc1ccc2c(NCC(O)(CF)CC(C)(C)c3cc(F)cc4c3OCC4)cccc2n1. The van der Waals surface area contributed by atoms with Crippen molar-refractivity contribution in [2.45, 2.75) is 44.6 Å². The van der Waals surface area contributed by atoms with Gasteiger partial charge in [-0.2, -0.15) is 0 Å². The molecule has 1 aromatic heterocycles. The Kier molecular flexibility index (Phi) is 5.60. The van der Waals surface area contributed by atoms with Crippen molar-refractivity contribution in [2.75, 3.05) is 25.1 Å². The quantitative estimate of drug-likeness (QED) is 0.552. The molecule has 1 atom stereocenters. The molecule has 0 aliphatic carbocycles. The van der Waals surface area contributed by atoms with E-state index in [0.29, 0.717) is 24.3 Å². The number of alkyl halides is 1. The molecule has 4 nitrogen and oxygen atoms in total. The first kappa shape index (κ1) is 21.5. The minimum Gasteiger partial charge on any atom is -0.493 e. The highest BCUT2D eigenvalue weighted by Gasteiger charge is 2.38. The number of hydrogen-bond acceptors (Lipinski definition) is 4. The van der Waals surface area contributed by atoms with Crippen molar-refractivity contribution in [3.05, 3.63) is 65.1 Å². The summed E-state index contributed by atoms with van der Waals surface area (Å²) < 4.78 is 34.0. The first-order valence-corrected chi connectivity index (χ1v) is 10.6. The maximum atomic E-state index is 14.2. The third-order valence-corrected chi connectivity index (χ3v) is 5.98. The molecule has 0 fully saturated rings. The smallest absolute Gasteiger partial charge is 0.126 e. The Balaban J connectivity index is 1.57. The Labute approximate surface area is 181 Å². The van der Waals surface area contributed by atoms with Crippen molar-refractivity contribution in [3.63, 3.8) is 0 Å². The summed E-state index contributed by atoms with van der Waals surface area (Å²) in [4.78, 5) is 4.52. The van der Waals surface area contributed by atoms with Crippen molar-refractivity contribution >= 4 is 16.6 Å². The standard InChI is InChI=1S/C25H28F2N2O2/c1-16-7-8-19-21(5-4-6-22(19)29-16)28-15-25(30,14-26)13-24(2,3)20-12-18(27)11-17-9-10-31-23(17)20/h4-8,11-12,28,30H,9-10,13-15H2,1-3H3. The van der Waals surface area contributed by atoms with Crippen molar-refractivity contribution in [3.8, 4) is 5.75 Å². The Morgan fingerprint density at radius 1 is 1.19 bits per heavy atom. The monoisotopic (exact) mass is 426 g/mol. The highest BCUT2D eigenvalue weighted by atomic mass is 19.1. The summed E-state index contributed by atoms with van der Waals surface area (Å²) in [5.74, 6) is 0.323. The zero-order chi connectivity index (χ0) is 22.2. The lowest BCUT2D eigenvalue weighted by Gasteiger charge is -2.36. The number of anilines is 1. The molecule has 0 amide bonds. The van der Waals surface area contributed by atoms with E-state index in [4.69, 9.17) is 4.74 Å². The van der Waals surface area contributed by atoms with E-state index in [1.807, 2.05) is 51.1 Å². The molecule has 1 unspecified atom stereocenters. The molecule has 164 valence electrons. The molecule has 0 saturated heterocycles. The normalized spacial score (nSPS) is 15.4. The van der Waals surface area contributed by atoms with Crippen LogP contribution in [0.25, 0.3) is 10.9 Å². The number of nitrogens with zero attached hydrogens (tertiary/aromatic N) is 1. The molecule has 4 rings (SSSR count). The predicted molar refractivity (Wildman–Crippen MR) is 119 cm³/mol. The van der Waals surface area contributed by atoms with Crippen LogP contribution in [0.15, 0.2) is 42.5 Å². The number of nitrogens with one attached hydrogen (secondary N) is 1.